The van der Waals surface area contributed by atoms with Crippen LogP contribution in [0.15, 0.2) is 11.2 Å². The lowest BCUT2D eigenvalue weighted by molar-refractivity contribution is -0.138. The van der Waals surface area contributed by atoms with E-state index in [0.717, 1.165) is 37.9 Å². The number of amides is 1. The highest BCUT2D eigenvalue weighted by molar-refractivity contribution is 7.90. The van der Waals surface area contributed by atoms with Crippen molar-refractivity contribution >= 4 is 21.6 Å². The van der Waals surface area contributed by atoms with Gasteiger partial charge in [-0.1, -0.05) is 0 Å². The van der Waals surface area contributed by atoms with Crippen LogP contribution in [0.3, 0.4) is 0 Å². The van der Waals surface area contributed by atoms with Gasteiger partial charge in [-0.25, -0.2) is 18.4 Å². The van der Waals surface area contributed by atoms with E-state index in [2.05, 4.69) is 14.9 Å². The normalized spacial score (nSPS) is 26.9. The third kappa shape index (κ3) is 3.29. The molecule has 1 aliphatic carbocycles. The first-order valence-electron chi connectivity index (χ1n) is 9.03. The number of anilines is 1. The van der Waals surface area contributed by atoms with Gasteiger partial charge in [-0.2, -0.15) is 0 Å². The van der Waals surface area contributed by atoms with E-state index in [-0.39, 0.29) is 11.1 Å². The van der Waals surface area contributed by atoms with Crippen LogP contribution < -0.4 is 4.90 Å². The Balaban J connectivity index is 1.54. The standard InChI is InChI=1S/C17H24N4O4S/c1-10(22)16(23)21-8-12-6-20(7-13(12)9-21)15-5-14(11-3-4-11)18-17(19-15)26(2,24)25/h5,10-13,22H,3-4,6-9H2,1-2H3/t10-,12-,13+/m1/s1. The predicted octanol–water partition coefficient (Wildman–Crippen LogP) is 0.0329. The van der Waals surface area contributed by atoms with E-state index < -0.39 is 15.9 Å². The third-order valence-corrected chi connectivity index (χ3v) is 6.36. The zero-order valence-corrected chi connectivity index (χ0v) is 15.8. The van der Waals surface area contributed by atoms with Crippen molar-refractivity contribution < 1.29 is 18.3 Å². The first kappa shape index (κ1) is 17.7. The summed E-state index contributed by atoms with van der Waals surface area (Å²) in [5.74, 6) is 1.43. The smallest absolute Gasteiger partial charge is 0.251 e. The average molecular weight is 380 g/mol. The lowest BCUT2D eigenvalue weighted by Crippen LogP contribution is -2.38. The Bertz CT molecular complexity index is 823. The highest BCUT2D eigenvalue weighted by Crippen LogP contribution is 2.41. The Morgan fingerprint density at radius 3 is 2.31 bits per heavy atom. The molecule has 3 aliphatic rings. The number of aromatic nitrogens is 2. The summed E-state index contributed by atoms with van der Waals surface area (Å²) < 4.78 is 23.9. The minimum atomic E-state index is -3.46. The molecule has 1 aromatic heterocycles. The van der Waals surface area contributed by atoms with Crippen LogP contribution in [-0.2, 0) is 14.6 Å². The second kappa shape index (κ2) is 6.16. The molecule has 1 aromatic rings. The Morgan fingerprint density at radius 2 is 1.81 bits per heavy atom. The molecule has 3 fully saturated rings. The maximum atomic E-state index is 12.0. The topological polar surface area (TPSA) is 104 Å². The molecule has 0 unspecified atom stereocenters. The van der Waals surface area contributed by atoms with Crippen LogP contribution in [0.2, 0.25) is 0 Å². The molecule has 1 saturated carbocycles. The van der Waals surface area contributed by atoms with Crippen LogP contribution in [-0.4, -0.2) is 72.8 Å². The van der Waals surface area contributed by atoms with Crippen molar-refractivity contribution in [3.05, 3.63) is 11.8 Å². The van der Waals surface area contributed by atoms with Gasteiger partial charge in [-0.3, -0.25) is 4.79 Å². The van der Waals surface area contributed by atoms with Gasteiger partial charge in [0.15, 0.2) is 0 Å². The Hall–Kier alpha value is -1.74. The van der Waals surface area contributed by atoms with Crippen molar-refractivity contribution in [3.63, 3.8) is 0 Å². The van der Waals surface area contributed by atoms with Crippen LogP contribution in [0.4, 0.5) is 5.82 Å². The summed E-state index contributed by atoms with van der Waals surface area (Å²) in [4.78, 5) is 24.4. The number of hydrogen-bond donors (Lipinski definition) is 1. The maximum absolute atomic E-state index is 12.0. The van der Waals surface area contributed by atoms with Gasteiger partial charge in [0.2, 0.25) is 15.0 Å². The first-order valence-corrected chi connectivity index (χ1v) is 10.9. The molecule has 0 bridgehead atoms. The number of carbonyl (C=O) groups is 1. The van der Waals surface area contributed by atoms with Crippen LogP contribution in [0.5, 0.6) is 0 Å². The zero-order chi connectivity index (χ0) is 18.6. The second-order valence-electron chi connectivity index (χ2n) is 7.82. The molecule has 4 rings (SSSR count). The molecule has 1 N–H and O–H groups in total. The fourth-order valence-electron chi connectivity index (χ4n) is 3.97. The molecule has 8 nitrogen and oxygen atoms in total. The lowest BCUT2D eigenvalue weighted by Gasteiger charge is -2.23. The van der Waals surface area contributed by atoms with Gasteiger partial charge < -0.3 is 14.9 Å². The molecule has 1 amide bonds. The Morgan fingerprint density at radius 1 is 1.19 bits per heavy atom. The molecular formula is C17H24N4O4S. The number of nitrogens with zero attached hydrogens (tertiary/aromatic N) is 4. The largest absolute Gasteiger partial charge is 0.384 e. The molecule has 0 spiro atoms. The van der Waals surface area contributed by atoms with E-state index in [9.17, 15) is 18.3 Å². The second-order valence-corrected chi connectivity index (χ2v) is 9.73. The fraction of sp³-hybridized carbons (Fsp3) is 0.706. The number of rotatable bonds is 4. The number of aliphatic hydroxyl groups excluding tert-OH is 1. The average Bonchev–Trinajstić information content (AvgIpc) is 3.23. The monoisotopic (exact) mass is 380 g/mol. The lowest BCUT2D eigenvalue weighted by atomic mass is 10.0. The van der Waals surface area contributed by atoms with Gasteiger partial charge in [0.05, 0.1) is 5.69 Å². The summed E-state index contributed by atoms with van der Waals surface area (Å²) in [6, 6.07) is 1.92. The van der Waals surface area contributed by atoms with Crippen molar-refractivity contribution in [2.24, 2.45) is 11.8 Å². The Labute approximate surface area is 153 Å². The summed E-state index contributed by atoms with van der Waals surface area (Å²) >= 11 is 0. The highest BCUT2D eigenvalue weighted by Gasteiger charge is 2.43. The Kier molecular flexibility index (Phi) is 4.18. The molecule has 0 radical (unpaired) electrons. The molecule has 26 heavy (non-hydrogen) atoms. The maximum Gasteiger partial charge on any atom is 0.251 e. The molecule has 3 heterocycles. The van der Waals surface area contributed by atoms with Gasteiger partial charge >= 0.3 is 0 Å². The van der Waals surface area contributed by atoms with Gasteiger partial charge in [0.25, 0.3) is 5.91 Å². The molecule has 0 aromatic carbocycles. The minimum Gasteiger partial charge on any atom is -0.384 e. The van der Waals surface area contributed by atoms with Crippen molar-refractivity contribution in [2.75, 3.05) is 37.3 Å². The van der Waals surface area contributed by atoms with Gasteiger partial charge in [0, 0.05) is 56.3 Å². The summed E-state index contributed by atoms with van der Waals surface area (Å²) in [5, 5.41) is 9.40. The predicted molar refractivity (Wildman–Crippen MR) is 94.6 cm³/mol. The first-order chi connectivity index (χ1) is 12.2. The highest BCUT2D eigenvalue weighted by atomic mass is 32.2. The zero-order valence-electron chi connectivity index (χ0n) is 15.0. The summed E-state index contributed by atoms with van der Waals surface area (Å²) in [6.45, 7) is 4.22. The van der Waals surface area contributed by atoms with Crippen LogP contribution >= 0.6 is 0 Å². The summed E-state index contributed by atoms with van der Waals surface area (Å²) in [7, 11) is -3.46. The quantitative estimate of drug-likeness (QED) is 0.735. The van der Waals surface area contributed by atoms with Gasteiger partial charge in [-0.15, -0.1) is 0 Å². The number of carbonyl (C=O) groups excluding carboxylic acids is 1. The number of aliphatic hydroxyl groups is 1. The molecule has 3 atom stereocenters. The summed E-state index contributed by atoms with van der Waals surface area (Å²) in [5.41, 5.74) is 0.818. The molecule has 9 heteroatoms. The minimum absolute atomic E-state index is 0.0973. The van der Waals surface area contributed by atoms with Gasteiger partial charge in [-0.05, 0) is 19.8 Å². The van der Waals surface area contributed by atoms with E-state index in [1.54, 1.807) is 4.90 Å². The van der Waals surface area contributed by atoms with Crippen LogP contribution in [0, 0.1) is 11.8 Å². The molecule has 142 valence electrons. The molecular weight excluding hydrogens is 356 g/mol. The molecule has 2 aliphatic heterocycles. The van der Waals surface area contributed by atoms with Crippen molar-refractivity contribution in [3.8, 4) is 0 Å². The van der Waals surface area contributed by atoms with E-state index in [0.29, 0.717) is 36.7 Å². The van der Waals surface area contributed by atoms with E-state index in [1.165, 1.54) is 6.92 Å². The van der Waals surface area contributed by atoms with Crippen LogP contribution in [0.25, 0.3) is 0 Å². The van der Waals surface area contributed by atoms with Crippen molar-refractivity contribution in [1.29, 1.82) is 0 Å². The number of hydrogen-bond acceptors (Lipinski definition) is 7. The number of likely N-dealkylation sites (tertiary alicyclic amines) is 1. The van der Waals surface area contributed by atoms with Crippen LogP contribution in [0.1, 0.15) is 31.4 Å². The number of fused-ring (bicyclic) bond motifs is 1. The summed E-state index contributed by atoms with van der Waals surface area (Å²) in [6.07, 6.45) is 2.26. The van der Waals surface area contributed by atoms with E-state index in [1.807, 2.05) is 6.07 Å². The van der Waals surface area contributed by atoms with Gasteiger partial charge in [0.1, 0.15) is 11.9 Å². The van der Waals surface area contributed by atoms with E-state index >= 15 is 0 Å². The third-order valence-electron chi connectivity index (χ3n) is 5.52. The number of sulfone groups is 1. The fourth-order valence-corrected chi connectivity index (χ4v) is 4.50. The van der Waals surface area contributed by atoms with E-state index in [4.69, 9.17) is 0 Å². The van der Waals surface area contributed by atoms with Crippen molar-refractivity contribution in [2.45, 2.75) is 36.9 Å². The SMILES string of the molecule is C[C@@H](O)C(=O)N1C[C@@H]2CN(c3cc(C4CC4)nc(S(C)(=O)=O)n3)C[C@@H]2C1. The van der Waals surface area contributed by atoms with Crippen molar-refractivity contribution in [1.82, 2.24) is 14.9 Å². The molecule has 2 saturated heterocycles.